The predicted octanol–water partition coefficient (Wildman–Crippen LogP) is 3.95. The molecule has 0 saturated heterocycles. The Morgan fingerprint density at radius 1 is 1.14 bits per heavy atom. The maximum Gasteiger partial charge on any atom is 0.227 e. The number of carbonyl (C=O) groups excluding carboxylic acids is 1. The number of hydrogen-bond donors (Lipinski definition) is 2. The van der Waals surface area contributed by atoms with Crippen LogP contribution in [0.2, 0.25) is 0 Å². The molecule has 140 valence electrons. The molecule has 0 spiro atoms. The molecular formula is C21H19N5OS. The van der Waals surface area contributed by atoms with Gasteiger partial charge in [-0.15, -0.1) is 11.3 Å². The highest BCUT2D eigenvalue weighted by molar-refractivity contribution is 7.17. The van der Waals surface area contributed by atoms with Crippen molar-refractivity contribution >= 4 is 33.3 Å². The molecule has 0 saturated carbocycles. The lowest BCUT2D eigenvalue weighted by Crippen LogP contribution is -2.21. The molecule has 1 unspecified atom stereocenters. The molecule has 7 heteroatoms. The van der Waals surface area contributed by atoms with Crippen molar-refractivity contribution < 1.29 is 4.79 Å². The second kappa shape index (κ2) is 7.74. The number of carbonyl (C=O) groups is 1. The standard InChI is InChI=1S/C21H19N5OS/c1-13(18(22)27)19-25-20(24-11-15-9-5-6-10-23-15)17-16(12-28-21(17)26-19)14-7-3-2-4-8-14/h2-10,12-13H,11H2,1H3,(H2,22,27)(H,24,25,26). The maximum absolute atomic E-state index is 11.7. The molecule has 0 aliphatic rings. The fourth-order valence-corrected chi connectivity index (χ4v) is 3.87. The molecule has 0 bridgehead atoms. The van der Waals surface area contributed by atoms with Crippen molar-refractivity contribution in [1.29, 1.82) is 0 Å². The zero-order valence-corrected chi connectivity index (χ0v) is 16.1. The van der Waals surface area contributed by atoms with Crippen molar-refractivity contribution in [3.05, 3.63) is 71.6 Å². The molecule has 6 nitrogen and oxygen atoms in total. The predicted molar refractivity (Wildman–Crippen MR) is 112 cm³/mol. The molecule has 0 aliphatic heterocycles. The second-order valence-corrected chi connectivity index (χ2v) is 7.28. The van der Waals surface area contributed by atoms with Crippen LogP contribution in [0.1, 0.15) is 24.4 Å². The molecule has 3 N–H and O–H groups in total. The van der Waals surface area contributed by atoms with Gasteiger partial charge in [0.25, 0.3) is 0 Å². The Labute approximate surface area is 166 Å². The van der Waals surface area contributed by atoms with E-state index in [1.165, 1.54) is 11.3 Å². The van der Waals surface area contributed by atoms with E-state index in [-0.39, 0.29) is 0 Å². The van der Waals surface area contributed by atoms with Crippen molar-refractivity contribution in [3.63, 3.8) is 0 Å². The number of nitrogens with one attached hydrogen (secondary N) is 1. The van der Waals surface area contributed by atoms with E-state index in [0.717, 1.165) is 27.0 Å². The summed E-state index contributed by atoms with van der Waals surface area (Å²) < 4.78 is 0. The summed E-state index contributed by atoms with van der Waals surface area (Å²) in [7, 11) is 0. The molecule has 1 aromatic carbocycles. The number of amides is 1. The highest BCUT2D eigenvalue weighted by atomic mass is 32.1. The summed E-state index contributed by atoms with van der Waals surface area (Å²) in [5, 5.41) is 6.38. The summed E-state index contributed by atoms with van der Waals surface area (Å²) in [4.78, 5) is 26.1. The van der Waals surface area contributed by atoms with Gasteiger partial charge in [-0.2, -0.15) is 0 Å². The average molecular weight is 389 g/mol. The van der Waals surface area contributed by atoms with E-state index >= 15 is 0 Å². The first-order valence-electron chi connectivity index (χ1n) is 8.91. The van der Waals surface area contributed by atoms with Crippen LogP contribution in [0.3, 0.4) is 0 Å². The van der Waals surface area contributed by atoms with Gasteiger partial charge in [-0.05, 0) is 24.6 Å². The Morgan fingerprint density at radius 3 is 2.64 bits per heavy atom. The van der Waals surface area contributed by atoms with Crippen LogP contribution in [0.4, 0.5) is 5.82 Å². The number of hydrogen-bond acceptors (Lipinski definition) is 6. The van der Waals surface area contributed by atoms with E-state index < -0.39 is 11.8 Å². The fourth-order valence-electron chi connectivity index (χ4n) is 2.91. The monoisotopic (exact) mass is 389 g/mol. The number of pyridine rings is 1. The zero-order valence-electron chi connectivity index (χ0n) is 15.3. The molecular weight excluding hydrogens is 370 g/mol. The molecule has 0 radical (unpaired) electrons. The molecule has 3 heterocycles. The zero-order chi connectivity index (χ0) is 19.5. The first kappa shape index (κ1) is 18.1. The quantitative estimate of drug-likeness (QED) is 0.521. The molecule has 28 heavy (non-hydrogen) atoms. The summed E-state index contributed by atoms with van der Waals surface area (Å²) >= 11 is 1.53. The summed E-state index contributed by atoms with van der Waals surface area (Å²) in [6.07, 6.45) is 1.76. The minimum Gasteiger partial charge on any atom is -0.369 e. The third kappa shape index (κ3) is 3.57. The molecule has 4 aromatic rings. The van der Waals surface area contributed by atoms with E-state index in [1.54, 1.807) is 13.1 Å². The Bertz CT molecular complexity index is 1110. The minimum atomic E-state index is -0.568. The highest BCUT2D eigenvalue weighted by Gasteiger charge is 2.20. The van der Waals surface area contributed by atoms with Gasteiger partial charge < -0.3 is 11.1 Å². The van der Waals surface area contributed by atoms with Crippen molar-refractivity contribution in [2.24, 2.45) is 5.73 Å². The van der Waals surface area contributed by atoms with E-state index in [4.69, 9.17) is 5.73 Å². The number of fused-ring (bicyclic) bond motifs is 1. The normalized spacial score (nSPS) is 12.0. The van der Waals surface area contributed by atoms with Crippen LogP contribution in [0.25, 0.3) is 21.3 Å². The van der Waals surface area contributed by atoms with Crippen molar-refractivity contribution in [3.8, 4) is 11.1 Å². The van der Waals surface area contributed by atoms with Crippen LogP contribution in [-0.2, 0) is 11.3 Å². The second-order valence-electron chi connectivity index (χ2n) is 6.42. The highest BCUT2D eigenvalue weighted by Crippen LogP contribution is 2.37. The van der Waals surface area contributed by atoms with Gasteiger partial charge in [-0.1, -0.05) is 36.4 Å². The lowest BCUT2D eigenvalue weighted by Gasteiger charge is -2.12. The van der Waals surface area contributed by atoms with Gasteiger partial charge >= 0.3 is 0 Å². The van der Waals surface area contributed by atoms with Crippen LogP contribution in [-0.4, -0.2) is 20.9 Å². The van der Waals surface area contributed by atoms with Gasteiger partial charge in [0.1, 0.15) is 16.5 Å². The Balaban J connectivity index is 1.82. The third-order valence-corrected chi connectivity index (χ3v) is 5.39. The molecule has 0 aliphatic carbocycles. The summed E-state index contributed by atoms with van der Waals surface area (Å²) in [6.45, 7) is 2.24. The molecule has 0 fully saturated rings. The Morgan fingerprint density at radius 2 is 1.93 bits per heavy atom. The summed E-state index contributed by atoms with van der Waals surface area (Å²) in [5.41, 5.74) is 8.53. The molecule has 4 rings (SSSR count). The van der Waals surface area contributed by atoms with Crippen LogP contribution in [0, 0.1) is 0 Å². The van der Waals surface area contributed by atoms with E-state index in [9.17, 15) is 4.79 Å². The molecule has 1 atom stereocenters. The van der Waals surface area contributed by atoms with E-state index in [2.05, 4.69) is 37.8 Å². The van der Waals surface area contributed by atoms with Crippen LogP contribution >= 0.6 is 11.3 Å². The number of anilines is 1. The van der Waals surface area contributed by atoms with E-state index in [1.807, 2.05) is 36.4 Å². The first-order chi connectivity index (χ1) is 13.6. The number of aromatic nitrogens is 3. The number of nitrogens with two attached hydrogens (primary N) is 1. The van der Waals surface area contributed by atoms with Gasteiger partial charge in [-0.25, -0.2) is 9.97 Å². The number of nitrogens with zero attached hydrogens (tertiary/aromatic N) is 3. The largest absolute Gasteiger partial charge is 0.369 e. The number of benzene rings is 1. The lowest BCUT2D eigenvalue weighted by atomic mass is 10.1. The summed E-state index contributed by atoms with van der Waals surface area (Å²) in [5.74, 6) is 0.0841. The fraction of sp³-hybridized carbons (Fsp3) is 0.143. The van der Waals surface area contributed by atoms with Crippen LogP contribution in [0.15, 0.2) is 60.1 Å². The number of rotatable bonds is 6. The number of primary amides is 1. The topological polar surface area (TPSA) is 93.8 Å². The van der Waals surface area contributed by atoms with Crippen molar-refractivity contribution in [2.75, 3.05) is 5.32 Å². The first-order valence-corrected chi connectivity index (χ1v) is 9.79. The average Bonchev–Trinajstić information content (AvgIpc) is 3.17. The smallest absolute Gasteiger partial charge is 0.227 e. The Hall–Kier alpha value is -3.32. The van der Waals surface area contributed by atoms with Gasteiger partial charge in [0, 0.05) is 17.1 Å². The van der Waals surface area contributed by atoms with Gasteiger partial charge in [0.2, 0.25) is 5.91 Å². The minimum absolute atomic E-state index is 0.421. The number of thiophene rings is 1. The molecule has 3 aromatic heterocycles. The van der Waals surface area contributed by atoms with Crippen LogP contribution in [0.5, 0.6) is 0 Å². The Kier molecular flexibility index (Phi) is 4.99. The van der Waals surface area contributed by atoms with Gasteiger partial charge in [0.05, 0.1) is 23.5 Å². The van der Waals surface area contributed by atoms with Crippen molar-refractivity contribution in [2.45, 2.75) is 19.4 Å². The van der Waals surface area contributed by atoms with Crippen LogP contribution < -0.4 is 11.1 Å². The lowest BCUT2D eigenvalue weighted by molar-refractivity contribution is -0.119. The SMILES string of the molecule is CC(C(N)=O)c1nc(NCc2ccccn2)c2c(-c3ccccc3)csc2n1. The third-order valence-electron chi connectivity index (χ3n) is 4.51. The molecule has 1 amide bonds. The maximum atomic E-state index is 11.7. The van der Waals surface area contributed by atoms with Crippen molar-refractivity contribution in [1.82, 2.24) is 15.0 Å². The van der Waals surface area contributed by atoms with Gasteiger partial charge in [-0.3, -0.25) is 9.78 Å². The van der Waals surface area contributed by atoms with E-state index in [0.29, 0.717) is 18.2 Å². The van der Waals surface area contributed by atoms with Gasteiger partial charge in [0.15, 0.2) is 0 Å². The summed E-state index contributed by atoms with van der Waals surface area (Å²) in [6, 6.07) is 15.9.